The van der Waals surface area contributed by atoms with Gasteiger partial charge in [-0.15, -0.1) is 0 Å². The molecule has 0 saturated carbocycles. The van der Waals surface area contributed by atoms with Crippen LogP contribution in [-0.2, 0) is 22.9 Å². The SMILES string of the molecule is CC[C@@H](C(=O)C(C)(C)[C@H](CC=O)O[Si](C)(C)C(C)(C)C)[C@@H](O[Si](C)(C)C(C)(C)C)[C@@H](C)CCCC(C)=CC[C@H](O[Si](C)(C)C(C)(C)C)C(Cl)=Cc1ccccn1. The van der Waals surface area contributed by atoms with Crippen LogP contribution in [0.5, 0.6) is 0 Å². The van der Waals surface area contributed by atoms with Gasteiger partial charge in [0.25, 0.3) is 0 Å². The first-order valence-electron chi connectivity index (χ1n) is 21.2. The highest BCUT2D eigenvalue weighted by Gasteiger charge is 2.50. The summed E-state index contributed by atoms with van der Waals surface area (Å²) in [5.74, 6) is -0.0253. The van der Waals surface area contributed by atoms with Gasteiger partial charge in [0.05, 0.1) is 24.0 Å². The number of rotatable bonds is 22. The Balaban J connectivity index is 3.41. The summed E-state index contributed by atoms with van der Waals surface area (Å²) >= 11 is 7.00. The van der Waals surface area contributed by atoms with Crippen molar-refractivity contribution in [3.05, 3.63) is 46.8 Å². The summed E-state index contributed by atoms with van der Waals surface area (Å²) in [6.07, 6.45) is 10.3. The lowest BCUT2D eigenvalue weighted by molar-refractivity contribution is -0.142. The molecule has 5 atom stereocenters. The minimum atomic E-state index is -2.27. The number of hydrogen-bond acceptors (Lipinski definition) is 6. The Bertz CT molecular complexity index is 1450. The van der Waals surface area contributed by atoms with Gasteiger partial charge in [0.15, 0.2) is 25.0 Å². The van der Waals surface area contributed by atoms with Gasteiger partial charge in [-0.05, 0) is 118 Å². The van der Waals surface area contributed by atoms with E-state index in [1.807, 2.05) is 38.1 Å². The number of allylic oxidation sites excluding steroid dienone is 1. The summed E-state index contributed by atoms with van der Waals surface area (Å²) in [5, 5.41) is 0.654. The van der Waals surface area contributed by atoms with Gasteiger partial charge in [0.1, 0.15) is 12.1 Å². The molecule has 0 radical (unpaired) electrons. The third-order valence-corrected chi connectivity index (χ3v) is 27.2. The smallest absolute Gasteiger partial charge is 0.192 e. The Morgan fingerprint density at radius 1 is 0.821 bits per heavy atom. The number of Topliss-reactive ketones (excluding diaryl/α,β-unsaturated/α-hetero) is 1. The van der Waals surface area contributed by atoms with Crippen LogP contribution in [0, 0.1) is 17.3 Å². The molecule has 0 aromatic carbocycles. The molecule has 0 amide bonds. The largest absolute Gasteiger partial charge is 0.413 e. The predicted octanol–water partition coefficient (Wildman–Crippen LogP) is 14.2. The van der Waals surface area contributed by atoms with Crippen LogP contribution in [0.2, 0.25) is 54.4 Å². The molecule has 0 N–H and O–H groups in total. The number of ketones is 1. The van der Waals surface area contributed by atoms with E-state index >= 15 is 0 Å². The zero-order chi connectivity index (χ0) is 43.7. The van der Waals surface area contributed by atoms with E-state index in [9.17, 15) is 9.59 Å². The van der Waals surface area contributed by atoms with Gasteiger partial charge in [0, 0.05) is 29.0 Å². The predicted molar refractivity (Wildman–Crippen MR) is 249 cm³/mol. The maximum absolute atomic E-state index is 14.9. The van der Waals surface area contributed by atoms with Gasteiger partial charge in [-0.1, -0.05) is 119 Å². The van der Waals surface area contributed by atoms with Crippen molar-refractivity contribution in [1.29, 1.82) is 0 Å². The zero-order valence-electron chi connectivity index (χ0n) is 39.5. The van der Waals surface area contributed by atoms with Crippen LogP contribution in [-0.4, -0.2) is 60.3 Å². The summed E-state index contributed by atoms with van der Waals surface area (Å²) in [4.78, 5) is 31.4. The fourth-order valence-corrected chi connectivity index (χ4v) is 10.6. The molecule has 322 valence electrons. The molecule has 1 aromatic heterocycles. The molecule has 0 bridgehead atoms. The Labute approximate surface area is 353 Å². The number of halogens is 1. The van der Waals surface area contributed by atoms with Crippen LogP contribution in [0.4, 0.5) is 0 Å². The second-order valence-corrected chi connectivity index (χ2v) is 36.2. The monoisotopic (exact) mass is 850 g/mol. The second kappa shape index (κ2) is 20.9. The molecule has 0 unspecified atom stereocenters. The zero-order valence-corrected chi connectivity index (χ0v) is 43.3. The number of hydrogen-bond donors (Lipinski definition) is 0. The molecular weight excluding hydrogens is 766 g/mol. The fraction of sp³-hybridized carbons (Fsp3) is 0.761. The van der Waals surface area contributed by atoms with Crippen LogP contribution < -0.4 is 0 Å². The average molecular weight is 851 g/mol. The first-order valence-corrected chi connectivity index (χ1v) is 30.3. The first kappa shape index (κ1) is 52.8. The molecule has 0 spiro atoms. The maximum atomic E-state index is 14.9. The molecule has 6 nitrogen and oxygen atoms in total. The molecule has 1 rings (SSSR count). The lowest BCUT2D eigenvalue weighted by atomic mass is 9.71. The Morgan fingerprint density at radius 3 is 1.80 bits per heavy atom. The standard InChI is InChI=1S/C46H84ClNO5Si3/c1-21-37(42(50)46(13,14)40(30-32-49)52-55(17,18)44(7,8)9)41(53-56(19,20)45(10,11)12)35(3)26-24-25-34(2)28-29-39(51-54(15,16)43(4,5)6)38(47)33-36-27-22-23-31-48-36/h22-23,27-28,31-33,35,37,39-41H,21,24-26,29-30H2,1-20H3/t35-,37+,39-,40-,41-/m0/s1. The number of carbonyl (C=O) groups is 2. The Kier molecular flexibility index (Phi) is 19.7. The minimum absolute atomic E-state index is 0.0119. The summed E-state index contributed by atoms with van der Waals surface area (Å²) in [5.41, 5.74) is 1.26. The van der Waals surface area contributed by atoms with Gasteiger partial charge < -0.3 is 18.1 Å². The topological polar surface area (TPSA) is 74.7 Å². The quantitative estimate of drug-likeness (QED) is 0.0657. The fourth-order valence-electron chi connectivity index (χ4n) is 6.15. The van der Waals surface area contributed by atoms with E-state index in [0.717, 1.165) is 31.2 Å². The third kappa shape index (κ3) is 15.1. The van der Waals surface area contributed by atoms with E-state index in [4.69, 9.17) is 24.9 Å². The maximum Gasteiger partial charge on any atom is 0.192 e. The highest BCUT2D eigenvalue weighted by molar-refractivity contribution is 6.75. The molecule has 0 aliphatic rings. The number of nitrogens with zero attached hydrogens (tertiary/aromatic N) is 1. The van der Waals surface area contributed by atoms with E-state index in [1.54, 1.807) is 6.20 Å². The molecule has 1 heterocycles. The van der Waals surface area contributed by atoms with Crippen molar-refractivity contribution in [2.24, 2.45) is 17.3 Å². The van der Waals surface area contributed by atoms with Crippen molar-refractivity contribution < 1.29 is 22.9 Å². The van der Waals surface area contributed by atoms with E-state index in [2.05, 4.69) is 133 Å². The van der Waals surface area contributed by atoms with Crippen LogP contribution in [0.25, 0.3) is 6.08 Å². The first-order chi connectivity index (χ1) is 25.3. The van der Waals surface area contributed by atoms with Crippen molar-refractivity contribution in [2.45, 2.75) is 208 Å². The number of aromatic nitrogens is 1. The van der Waals surface area contributed by atoms with Crippen LogP contribution in [0.1, 0.15) is 141 Å². The van der Waals surface area contributed by atoms with Gasteiger partial charge >= 0.3 is 0 Å². The van der Waals surface area contributed by atoms with Crippen molar-refractivity contribution >= 4 is 54.7 Å². The summed E-state index contributed by atoms with van der Waals surface area (Å²) in [7, 11) is -6.63. The van der Waals surface area contributed by atoms with E-state index in [1.165, 1.54) is 5.57 Å². The second-order valence-electron chi connectivity index (χ2n) is 21.5. The molecule has 10 heteroatoms. The lowest BCUT2D eigenvalue weighted by Crippen LogP contribution is -2.54. The van der Waals surface area contributed by atoms with Crippen LogP contribution in [0.3, 0.4) is 0 Å². The van der Waals surface area contributed by atoms with Gasteiger partial charge in [-0.3, -0.25) is 9.78 Å². The highest BCUT2D eigenvalue weighted by atomic mass is 35.5. The average Bonchev–Trinajstić information content (AvgIpc) is 3.04. The van der Waals surface area contributed by atoms with Crippen LogP contribution >= 0.6 is 11.6 Å². The number of pyridine rings is 1. The minimum Gasteiger partial charge on any atom is -0.413 e. The van der Waals surface area contributed by atoms with Crippen molar-refractivity contribution in [2.75, 3.05) is 0 Å². The molecular formula is C46H84ClNO5Si3. The lowest BCUT2D eigenvalue weighted by Gasteiger charge is -2.47. The van der Waals surface area contributed by atoms with Crippen molar-refractivity contribution in [3.8, 4) is 0 Å². The summed E-state index contributed by atoms with van der Waals surface area (Å²) in [6.45, 7) is 44.2. The summed E-state index contributed by atoms with van der Waals surface area (Å²) in [6, 6.07) is 5.83. The van der Waals surface area contributed by atoms with E-state index in [-0.39, 0.29) is 51.4 Å². The molecule has 56 heavy (non-hydrogen) atoms. The van der Waals surface area contributed by atoms with E-state index < -0.39 is 36.5 Å². The Morgan fingerprint density at radius 2 is 1.34 bits per heavy atom. The van der Waals surface area contributed by atoms with Gasteiger partial charge in [-0.25, -0.2) is 0 Å². The number of aldehydes is 1. The number of carbonyl (C=O) groups excluding carboxylic acids is 2. The third-order valence-electron chi connectivity index (χ3n) is 13.4. The van der Waals surface area contributed by atoms with Gasteiger partial charge in [-0.2, -0.15) is 0 Å². The Hall–Kier alpha value is -1.21. The van der Waals surface area contributed by atoms with Crippen LogP contribution in [0.15, 0.2) is 41.1 Å². The van der Waals surface area contributed by atoms with E-state index in [0.29, 0.717) is 17.9 Å². The molecule has 1 aromatic rings. The summed E-state index contributed by atoms with van der Waals surface area (Å²) < 4.78 is 21.0. The highest BCUT2D eigenvalue weighted by Crippen LogP contribution is 2.45. The molecule has 0 aliphatic heterocycles. The van der Waals surface area contributed by atoms with Gasteiger partial charge in [0.2, 0.25) is 0 Å². The van der Waals surface area contributed by atoms with Crippen molar-refractivity contribution in [3.63, 3.8) is 0 Å². The normalized spacial score (nSPS) is 17.3. The molecule has 0 aliphatic carbocycles. The molecule has 0 saturated heterocycles. The molecule has 0 fully saturated rings. The van der Waals surface area contributed by atoms with Crippen molar-refractivity contribution in [1.82, 2.24) is 4.98 Å².